The van der Waals surface area contributed by atoms with Crippen LogP contribution >= 0.6 is 15.9 Å². The van der Waals surface area contributed by atoms with Gasteiger partial charge in [-0.15, -0.1) is 0 Å². The molecule has 114 valence electrons. The maximum Gasteiger partial charge on any atom is 0.0738 e. The van der Waals surface area contributed by atoms with E-state index in [1.807, 2.05) is 11.7 Å². The maximum absolute atomic E-state index is 5.12. The first-order valence-corrected chi connectivity index (χ1v) is 8.25. The lowest BCUT2D eigenvalue weighted by Crippen LogP contribution is -2.36. The summed E-state index contributed by atoms with van der Waals surface area (Å²) < 4.78 is 8.34. The van der Waals surface area contributed by atoms with E-state index in [0.29, 0.717) is 5.41 Å². The van der Waals surface area contributed by atoms with Crippen LogP contribution in [0.4, 0.5) is 0 Å². The molecule has 1 aliphatic rings. The van der Waals surface area contributed by atoms with Gasteiger partial charge in [-0.25, -0.2) is 0 Å². The Hall–Kier alpha value is -0.390. The molecule has 20 heavy (non-hydrogen) atoms. The number of rotatable bonds is 7. The molecule has 0 saturated heterocycles. The van der Waals surface area contributed by atoms with Crippen LogP contribution in [0.5, 0.6) is 0 Å². The highest BCUT2D eigenvalue weighted by atomic mass is 79.9. The normalized spacial score (nSPS) is 17.8. The molecule has 1 heterocycles. The first-order chi connectivity index (χ1) is 9.58. The van der Waals surface area contributed by atoms with Crippen LogP contribution in [-0.4, -0.2) is 36.6 Å². The number of ether oxygens (including phenoxy) is 1. The van der Waals surface area contributed by atoms with Crippen LogP contribution < -0.4 is 5.32 Å². The molecule has 1 saturated carbocycles. The number of nitrogens with one attached hydrogen (secondary N) is 1. The van der Waals surface area contributed by atoms with E-state index in [1.54, 1.807) is 7.11 Å². The topological polar surface area (TPSA) is 39.1 Å². The van der Waals surface area contributed by atoms with Gasteiger partial charge in [0.1, 0.15) is 0 Å². The summed E-state index contributed by atoms with van der Waals surface area (Å²) in [4.78, 5) is 0. The van der Waals surface area contributed by atoms with Crippen molar-refractivity contribution in [3.63, 3.8) is 0 Å². The SMILES string of the molecule is COCCNCC1(Cc2c(Br)c(C)nn2C)CCCC1. The molecule has 0 spiro atoms. The molecule has 1 aromatic heterocycles. The number of nitrogens with zero attached hydrogens (tertiary/aromatic N) is 2. The summed E-state index contributed by atoms with van der Waals surface area (Å²) in [5.74, 6) is 0. The third kappa shape index (κ3) is 3.62. The van der Waals surface area contributed by atoms with E-state index < -0.39 is 0 Å². The summed E-state index contributed by atoms with van der Waals surface area (Å²) in [7, 11) is 3.80. The van der Waals surface area contributed by atoms with Gasteiger partial charge < -0.3 is 10.1 Å². The van der Waals surface area contributed by atoms with E-state index in [2.05, 4.69) is 33.3 Å². The Labute approximate surface area is 130 Å². The molecule has 0 aliphatic heterocycles. The summed E-state index contributed by atoms with van der Waals surface area (Å²) in [5.41, 5.74) is 2.80. The molecular formula is C15H26BrN3O. The van der Waals surface area contributed by atoms with Crippen molar-refractivity contribution in [1.82, 2.24) is 15.1 Å². The highest BCUT2D eigenvalue weighted by molar-refractivity contribution is 9.10. The van der Waals surface area contributed by atoms with E-state index in [-0.39, 0.29) is 0 Å². The highest BCUT2D eigenvalue weighted by Gasteiger charge is 2.35. The van der Waals surface area contributed by atoms with Gasteiger partial charge in [0.05, 0.1) is 22.5 Å². The van der Waals surface area contributed by atoms with Gasteiger partial charge in [0.25, 0.3) is 0 Å². The molecule has 1 fully saturated rings. The van der Waals surface area contributed by atoms with Crippen LogP contribution in [0, 0.1) is 12.3 Å². The number of aryl methyl sites for hydroxylation is 2. The number of aromatic nitrogens is 2. The largest absolute Gasteiger partial charge is 0.383 e. The molecule has 5 heteroatoms. The van der Waals surface area contributed by atoms with Gasteiger partial charge in [-0.2, -0.15) is 5.10 Å². The van der Waals surface area contributed by atoms with Crippen LogP contribution in [0.1, 0.15) is 37.1 Å². The second kappa shape index (κ2) is 7.05. The standard InChI is InChI=1S/C15H26BrN3O/c1-12-14(16)13(19(2)18-12)10-15(6-4-5-7-15)11-17-8-9-20-3/h17H,4-11H2,1-3H3. The molecule has 1 aliphatic carbocycles. The third-order valence-corrected chi connectivity index (χ3v) is 5.48. The molecule has 2 rings (SSSR count). The molecule has 4 nitrogen and oxygen atoms in total. The smallest absolute Gasteiger partial charge is 0.0738 e. The van der Waals surface area contributed by atoms with Crippen LogP contribution in [0.3, 0.4) is 0 Å². The average molecular weight is 344 g/mol. The van der Waals surface area contributed by atoms with Gasteiger partial charge in [0.2, 0.25) is 0 Å². The van der Waals surface area contributed by atoms with E-state index in [4.69, 9.17) is 4.74 Å². The lowest BCUT2D eigenvalue weighted by atomic mass is 9.81. The zero-order valence-electron chi connectivity index (χ0n) is 12.8. The van der Waals surface area contributed by atoms with Gasteiger partial charge in [-0.1, -0.05) is 12.8 Å². The predicted octanol–water partition coefficient (Wildman–Crippen LogP) is 2.83. The van der Waals surface area contributed by atoms with Crippen LogP contribution in [0.25, 0.3) is 0 Å². The van der Waals surface area contributed by atoms with Crippen molar-refractivity contribution in [2.45, 2.75) is 39.0 Å². The number of halogens is 1. The third-order valence-electron chi connectivity index (χ3n) is 4.45. The van der Waals surface area contributed by atoms with Crippen LogP contribution in [0.2, 0.25) is 0 Å². The monoisotopic (exact) mass is 343 g/mol. The number of hydrogen-bond donors (Lipinski definition) is 1. The molecule has 0 atom stereocenters. The van der Waals surface area contributed by atoms with Crippen molar-refractivity contribution < 1.29 is 4.74 Å². The van der Waals surface area contributed by atoms with E-state index in [9.17, 15) is 0 Å². The van der Waals surface area contributed by atoms with Crippen molar-refractivity contribution in [3.8, 4) is 0 Å². The second-order valence-electron chi connectivity index (χ2n) is 6.02. The number of methoxy groups -OCH3 is 1. The summed E-state index contributed by atoms with van der Waals surface area (Å²) in [5, 5.41) is 8.09. The Kier molecular flexibility index (Phi) is 5.64. The first kappa shape index (κ1) is 16.0. The Morgan fingerprint density at radius 2 is 2.10 bits per heavy atom. The Bertz CT molecular complexity index is 439. The molecule has 0 radical (unpaired) electrons. The van der Waals surface area contributed by atoms with Crippen molar-refractivity contribution in [2.75, 3.05) is 26.8 Å². The van der Waals surface area contributed by atoms with Gasteiger partial charge in [-0.05, 0) is 47.5 Å². The predicted molar refractivity (Wildman–Crippen MR) is 85.0 cm³/mol. The maximum atomic E-state index is 5.12. The second-order valence-corrected chi connectivity index (χ2v) is 6.82. The van der Waals surface area contributed by atoms with E-state index >= 15 is 0 Å². The molecule has 0 amide bonds. The Morgan fingerprint density at radius 3 is 2.65 bits per heavy atom. The van der Waals surface area contributed by atoms with Crippen LogP contribution in [-0.2, 0) is 18.2 Å². The summed E-state index contributed by atoms with van der Waals surface area (Å²) in [6.07, 6.45) is 6.42. The van der Waals surface area contributed by atoms with E-state index in [0.717, 1.165) is 31.8 Å². The van der Waals surface area contributed by atoms with Crippen molar-refractivity contribution >= 4 is 15.9 Å². The zero-order chi connectivity index (χ0) is 14.6. The average Bonchev–Trinajstić information content (AvgIpc) is 2.97. The lowest BCUT2D eigenvalue weighted by Gasteiger charge is -2.29. The fraction of sp³-hybridized carbons (Fsp3) is 0.800. The van der Waals surface area contributed by atoms with Crippen molar-refractivity contribution in [1.29, 1.82) is 0 Å². The molecule has 1 N–H and O–H groups in total. The Morgan fingerprint density at radius 1 is 1.40 bits per heavy atom. The molecule has 0 aromatic carbocycles. The van der Waals surface area contributed by atoms with Crippen LogP contribution in [0.15, 0.2) is 4.47 Å². The van der Waals surface area contributed by atoms with Crippen molar-refractivity contribution in [3.05, 3.63) is 15.9 Å². The van der Waals surface area contributed by atoms with Gasteiger partial charge in [0, 0.05) is 27.2 Å². The van der Waals surface area contributed by atoms with Gasteiger partial charge in [-0.3, -0.25) is 4.68 Å². The minimum Gasteiger partial charge on any atom is -0.383 e. The quantitative estimate of drug-likeness (QED) is 0.773. The zero-order valence-corrected chi connectivity index (χ0v) is 14.4. The van der Waals surface area contributed by atoms with Gasteiger partial charge in [0.15, 0.2) is 0 Å². The molecule has 0 bridgehead atoms. The summed E-state index contributed by atoms with van der Waals surface area (Å²) in [6, 6.07) is 0. The first-order valence-electron chi connectivity index (χ1n) is 7.46. The highest BCUT2D eigenvalue weighted by Crippen LogP contribution is 2.41. The summed E-state index contributed by atoms with van der Waals surface area (Å²) in [6.45, 7) is 4.85. The summed E-state index contributed by atoms with van der Waals surface area (Å²) >= 11 is 3.70. The van der Waals surface area contributed by atoms with Gasteiger partial charge >= 0.3 is 0 Å². The van der Waals surface area contributed by atoms with E-state index in [1.165, 1.54) is 35.8 Å². The lowest BCUT2D eigenvalue weighted by molar-refractivity contribution is 0.189. The minimum atomic E-state index is 0.385. The molecular weight excluding hydrogens is 318 g/mol. The van der Waals surface area contributed by atoms with Crippen molar-refractivity contribution in [2.24, 2.45) is 12.5 Å². The molecule has 1 aromatic rings. The molecule has 0 unspecified atom stereocenters. The fourth-order valence-corrected chi connectivity index (χ4v) is 3.77. The minimum absolute atomic E-state index is 0.385. The fourth-order valence-electron chi connectivity index (χ4n) is 3.30. The number of hydrogen-bond acceptors (Lipinski definition) is 3. The Balaban J connectivity index is 2.05.